The molecular formula is C15H12O4. The average molecular weight is 256 g/mol. The van der Waals surface area contributed by atoms with Crippen molar-refractivity contribution in [2.75, 3.05) is 6.61 Å². The Morgan fingerprint density at radius 1 is 1.32 bits per heavy atom. The number of Topliss-reactive ketones (excluding diaryl/α,β-unsaturated/α-hetero) is 1. The van der Waals surface area contributed by atoms with Crippen molar-refractivity contribution in [3.63, 3.8) is 0 Å². The predicted octanol–water partition coefficient (Wildman–Crippen LogP) is 2.47. The Balaban J connectivity index is 2.38. The number of rotatable bonds is 1. The van der Waals surface area contributed by atoms with Crippen molar-refractivity contribution in [2.24, 2.45) is 0 Å². The van der Waals surface area contributed by atoms with Crippen LogP contribution < -0.4 is 10.4 Å². The van der Waals surface area contributed by atoms with E-state index in [1.807, 2.05) is 19.1 Å². The van der Waals surface area contributed by atoms with Crippen molar-refractivity contribution in [1.29, 1.82) is 0 Å². The molecular weight excluding hydrogens is 244 g/mol. The molecule has 0 radical (unpaired) electrons. The summed E-state index contributed by atoms with van der Waals surface area (Å²) in [6.45, 7) is 3.60. The zero-order valence-electron chi connectivity index (χ0n) is 10.6. The Bertz CT molecular complexity index is 781. The molecule has 2 heterocycles. The van der Waals surface area contributed by atoms with Gasteiger partial charge in [0.15, 0.2) is 5.78 Å². The van der Waals surface area contributed by atoms with Gasteiger partial charge in [-0.15, -0.1) is 0 Å². The van der Waals surface area contributed by atoms with E-state index in [1.54, 1.807) is 6.08 Å². The van der Waals surface area contributed by atoms with Crippen LogP contribution in [0, 0.1) is 6.92 Å². The number of ketones is 1. The minimum Gasteiger partial charge on any atom is -0.488 e. The van der Waals surface area contributed by atoms with Gasteiger partial charge in [0.25, 0.3) is 0 Å². The fourth-order valence-corrected chi connectivity index (χ4v) is 2.22. The number of carbonyl (C=O) groups excluding carboxylic acids is 1. The molecule has 1 aromatic carbocycles. The summed E-state index contributed by atoms with van der Waals surface area (Å²) in [5.74, 6) is 0.587. The van der Waals surface area contributed by atoms with Gasteiger partial charge in [-0.25, -0.2) is 4.79 Å². The van der Waals surface area contributed by atoms with Crippen LogP contribution in [0.4, 0.5) is 0 Å². The first-order chi connectivity index (χ1) is 9.06. The van der Waals surface area contributed by atoms with E-state index >= 15 is 0 Å². The highest BCUT2D eigenvalue weighted by Crippen LogP contribution is 2.33. The molecule has 0 unspecified atom stereocenters. The molecule has 96 valence electrons. The van der Waals surface area contributed by atoms with E-state index in [0.717, 1.165) is 10.9 Å². The maximum absolute atomic E-state index is 11.5. The van der Waals surface area contributed by atoms with Gasteiger partial charge >= 0.3 is 5.63 Å². The first kappa shape index (κ1) is 11.7. The molecule has 0 amide bonds. The van der Waals surface area contributed by atoms with Crippen LogP contribution in [-0.4, -0.2) is 12.4 Å². The van der Waals surface area contributed by atoms with Gasteiger partial charge in [0.1, 0.15) is 17.9 Å². The molecule has 1 aromatic heterocycles. The zero-order valence-corrected chi connectivity index (χ0v) is 10.6. The van der Waals surface area contributed by atoms with Crippen molar-refractivity contribution in [1.82, 2.24) is 0 Å². The fourth-order valence-electron chi connectivity index (χ4n) is 2.22. The molecule has 19 heavy (non-hydrogen) atoms. The van der Waals surface area contributed by atoms with Crippen LogP contribution in [0.2, 0.25) is 0 Å². The standard InChI is InChI=1S/C15H12O4/c1-8-5-14(17)19-15-11(8)3-4-13-12(15)6-10(7-18-13)9(2)16/h3-6H,7H2,1-2H3. The molecule has 4 heteroatoms. The maximum atomic E-state index is 11.5. The lowest BCUT2D eigenvalue weighted by atomic mass is 10.0. The fraction of sp³-hybridized carbons (Fsp3) is 0.200. The minimum absolute atomic E-state index is 0.0438. The topological polar surface area (TPSA) is 56.5 Å². The Kier molecular flexibility index (Phi) is 2.52. The Morgan fingerprint density at radius 3 is 2.84 bits per heavy atom. The van der Waals surface area contributed by atoms with E-state index in [4.69, 9.17) is 9.15 Å². The summed E-state index contributed by atoms with van der Waals surface area (Å²) in [6.07, 6.45) is 1.74. The molecule has 0 N–H and O–H groups in total. The van der Waals surface area contributed by atoms with Crippen LogP contribution in [0.3, 0.4) is 0 Å². The van der Waals surface area contributed by atoms with E-state index in [-0.39, 0.29) is 12.4 Å². The highest BCUT2D eigenvalue weighted by Gasteiger charge is 2.18. The zero-order chi connectivity index (χ0) is 13.6. The van der Waals surface area contributed by atoms with Gasteiger partial charge < -0.3 is 9.15 Å². The van der Waals surface area contributed by atoms with E-state index < -0.39 is 5.63 Å². The molecule has 0 aliphatic carbocycles. The van der Waals surface area contributed by atoms with Crippen molar-refractivity contribution in [2.45, 2.75) is 13.8 Å². The van der Waals surface area contributed by atoms with Crippen LogP contribution in [-0.2, 0) is 4.79 Å². The lowest BCUT2D eigenvalue weighted by Crippen LogP contribution is -2.13. The molecule has 4 nitrogen and oxygen atoms in total. The first-order valence-corrected chi connectivity index (χ1v) is 5.98. The summed E-state index contributed by atoms with van der Waals surface area (Å²) in [5.41, 5.74) is 2.15. The second-order valence-electron chi connectivity index (χ2n) is 4.62. The Labute approximate surface area is 109 Å². The maximum Gasteiger partial charge on any atom is 0.336 e. The molecule has 0 bridgehead atoms. The Hall–Kier alpha value is -2.36. The first-order valence-electron chi connectivity index (χ1n) is 5.98. The number of carbonyl (C=O) groups is 1. The normalized spacial score (nSPS) is 13.7. The summed E-state index contributed by atoms with van der Waals surface area (Å²) in [5, 5.41) is 0.850. The van der Waals surface area contributed by atoms with Gasteiger partial charge in [-0.2, -0.15) is 0 Å². The molecule has 3 rings (SSSR count). The lowest BCUT2D eigenvalue weighted by Gasteiger charge is -2.17. The summed E-state index contributed by atoms with van der Waals surface area (Å²) >= 11 is 0. The number of benzene rings is 1. The number of aryl methyl sites for hydroxylation is 1. The molecule has 1 aliphatic heterocycles. The third kappa shape index (κ3) is 1.85. The number of ether oxygens (including phenoxy) is 1. The van der Waals surface area contributed by atoms with Crippen molar-refractivity contribution < 1.29 is 13.9 Å². The molecule has 0 fully saturated rings. The SMILES string of the molecule is CC(=O)C1=Cc2c(ccc3c(C)cc(=O)oc23)OC1. The second-order valence-corrected chi connectivity index (χ2v) is 4.62. The van der Waals surface area contributed by atoms with Crippen LogP contribution in [0.5, 0.6) is 5.75 Å². The van der Waals surface area contributed by atoms with E-state index in [9.17, 15) is 9.59 Å². The summed E-state index contributed by atoms with van der Waals surface area (Å²) in [6, 6.07) is 5.14. The van der Waals surface area contributed by atoms with E-state index in [1.165, 1.54) is 13.0 Å². The van der Waals surface area contributed by atoms with Gasteiger partial charge in [0.05, 0.1) is 5.56 Å². The van der Waals surface area contributed by atoms with Crippen molar-refractivity contribution in [3.05, 3.63) is 45.3 Å². The molecule has 0 spiro atoms. The van der Waals surface area contributed by atoms with Gasteiger partial charge in [0.2, 0.25) is 0 Å². The van der Waals surface area contributed by atoms with Crippen molar-refractivity contribution >= 4 is 22.8 Å². The largest absolute Gasteiger partial charge is 0.488 e. The van der Waals surface area contributed by atoms with Gasteiger partial charge in [-0.3, -0.25) is 4.79 Å². The Morgan fingerprint density at radius 2 is 2.11 bits per heavy atom. The van der Waals surface area contributed by atoms with Crippen LogP contribution in [0.1, 0.15) is 18.1 Å². The van der Waals surface area contributed by atoms with Crippen molar-refractivity contribution in [3.8, 4) is 5.75 Å². The molecule has 2 aromatic rings. The number of fused-ring (bicyclic) bond motifs is 3. The van der Waals surface area contributed by atoms with Crippen LogP contribution in [0.25, 0.3) is 17.0 Å². The van der Waals surface area contributed by atoms with E-state index in [2.05, 4.69) is 0 Å². The van der Waals surface area contributed by atoms with Gasteiger partial charge in [-0.1, -0.05) is 0 Å². The second kappa shape index (κ2) is 4.09. The van der Waals surface area contributed by atoms with E-state index in [0.29, 0.717) is 22.5 Å². The average Bonchev–Trinajstić information content (AvgIpc) is 2.37. The molecule has 0 atom stereocenters. The molecule has 1 aliphatic rings. The summed E-state index contributed by atoms with van der Waals surface area (Å²) in [4.78, 5) is 22.9. The van der Waals surface area contributed by atoms with Gasteiger partial charge in [0, 0.05) is 17.0 Å². The predicted molar refractivity (Wildman–Crippen MR) is 71.4 cm³/mol. The molecule has 0 saturated heterocycles. The highest BCUT2D eigenvalue weighted by molar-refractivity contribution is 6.02. The highest BCUT2D eigenvalue weighted by atomic mass is 16.5. The third-order valence-electron chi connectivity index (χ3n) is 3.27. The number of hydrogen-bond donors (Lipinski definition) is 0. The quantitative estimate of drug-likeness (QED) is 0.735. The lowest BCUT2D eigenvalue weighted by molar-refractivity contribution is -0.113. The summed E-state index contributed by atoms with van der Waals surface area (Å²) in [7, 11) is 0. The smallest absolute Gasteiger partial charge is 0.336 e. The minimum atomic E-state index is -0.401. The van der Waals surface area contributed by atoms with Gasteiger partial charge in [-0.05, 0) is 37.6 Å². The monoisotopic (exact) mass is 256 g/mol. The summed E-state index contributed by atoms with van der Waals surface area (Å²) < 4.78 is 10.8. The molecule has 0 saturated carbocycles. The third-order valence-corrected chi connectivity index (χ3v) is 3.27. The van der Waals surface area contributed by atoms with Crippen LogP contribution >= 0.6 is 0 Å². The van der Waals surface area contributed by atoms with Crippen LogP contribution in [0.15, 0.2) is 33.0 Å². The number of hydrogen-bond acceptors (Lipinski definition) is 4.